The van der Waals surface area contributed by atoms with Gasteiger partial charge in [0.05, 0.1) is 18.4 Å². The topological polar surface area (TPSA) is 87.9 Å². The molecule has 0 atom stereocenters. The van der Waals surface area contributed by atoms with Gasteiger partial charge in [0.15, 0.2) is 10.9 Å². The molecule has 0 aliphatic carbocycles. The summed E-state index contributed by atoms with van der Waals surface area (Å²) in [6, 6.07) is 8.54. The second-order valence-electron chi connectivity index (χ2n) is 7.17. The van der Waals surface area contributed by atoms with E-state index in [0.717, 1.165) is 0 Å². The van der Waals surface area contributed by atoms with Crippen LogP contribution in [0.4, 0.5) is 24.0 Å². The van der Waals surface area contributed by atoms with Crippen LogP contribution in [0.15, 0.2) is 52.5 Å². The van der Waals surface area contributed by atoms with Crippen molar-refractivity contribution in [3.63, 3.8) is 0 Å². The number of alkyl halides is 3. The average molecular weight is 480 g/mol. The number of aromatic nitrogens is 1. The Kier molecular flexibility index (Phi) is 6.54. The Morgan fingerprint density at radius 3 is 2.42 bits per heavy atom. The molecule has 1 N–H and O–H groups in total. The molecule has 1 saturated heterocycles. The molecule has 1 aromatic carbocycles. The molecule has 3 aromatic rings. The van der Waals surface area contributed by atoms with Gasteiger partial charge in [0, 0.05) is 37.2 Å². The number of carbonyl (C=O) groups is 2. The van der Waals surface area contributed by atoms with E-state index in [4.69, 9.17) is 4.42 Å². The Bertz CT molecular complexity index is 1090. The predicted octanol–water partition coefficient (Wildman–Crippen LogP) is 3.91. The van der Waals surface area contributed by atoms with Gasteiger partial charge in [0.1, 0.15) is 5.75 Å². The van der Waals surface area contributed by atoms with Crippen molar-refractivity contribution in [2.75, 3.05) is 31.5 Å². The van der Waals surface area contributed by atoms with Crippen LogP contribution in [0.5, 0.6) is 5.75 Å². The summed E-state index contributed by atoms with van der Waals surface area (Å²) in [4.78, 5) is 32.7. The minimum Gasteiger partial charge on any atom is -0.459 e. The lowest BCUT2D eigenvalue weighted by Crippen LogP contribution is -2.50. The number of benzene rings is 1. The Morgan fingerprint density at radius 1 is 1.09 bits per heavy atom. The summed E-state index contributed by atoms with van der Waals surface area (Å²) in [5.41, 5.74) is 1.12. The van der Waals surface area contributed by atoms with Crippen LogP contribution in [0.1, 0.15) is 16.2 Å². The van der Waals surface area contributed by atoms with Gasteiger partial charge in [0.2, 0.25) is 5.91 Å². The molecule has 174 valence electrons. The van der Waals surface area contributed by atoms with Gasteiger partial charge in [-0.2, -0.15) is 0 Å². The zero-order valence-corrected chi connectivity index (χ0v) is 18.0. The summed E-state index contributed by atoms with van der Waals surface area (Å²) < 4.78 is 45.7. The van der Waals surface area contributed by atoms with Crippen LogP contribution in [-0.4, -0.2) is 59.1 Å². The monoisotopic (exact) mass is 480 g/mol. The second kappa shape index (κ2) is 9.53. The number of piperazine rings is 1. The summed E-state index contributed by atoms with van der Waals surface area (Å²) in [5, 5.41) is 5.25. The van der Waals surface area contributed by atoms with Crippen molar-refractivity contribution in [2.45, 2.75) is 12.8 Å². The first-order valence-corrected chi connectivity index (χ1v) is 10.8. The summed E-state index contributed by atoms with van der Waals surface area (Å²) in [6.45, 7) is 1.69. The van der Waals surface area contributed by atoms with Gasteiger partial charge >= 0.3 is 6.36 Å². The molecular formula is C21H19F3N4O4S. The molecule has 0 saturated carbocycles. The maximum Gasteiger partial charge on any atom is 0.573 e. The third-order valence-electron chi connectivity index (χ3n) is 4.87. The van der Waals surface area contributed by atoms with Crippen molar-refractivity contribution in [3.8, 4) is 5.75 Å². The summed E-state index contributed by atoms with van der Waals surface area (Å²) in [7, 11) is 0. The maximum absolute atomic E-state index is 12.6. The van der Waals surface area contributed by atoms with E-state index in [1.54, 1.807) is 27.3 Å². The third kappa shape index (κ3) is 6.04. The summed E-state index contributed by atoms with van der Waals surface area (Å²) in [6.07, 6.45) is -3.18. The minimum atomic E-state index is -4.74. The van der Waals surface area contributed by atoms with E-state index in [0.29, 0.717) is 42.7 Å². The van der Waals surface area contributed by atoms with E-state index in [1.165, 1.54) is 41.9 Å². The zero-order valence-electron chi connectivity index (χ0n) is 17.2. The molecule has 0 radical (unpaired) electrons. The van der Waals surface area contributed by atoms with Gasteiger partial charge in [-0.3, -0.25) is 9.59 Å². The molecule has 1 aliphatic rings. The van der Waals surface area contributed by atoms with Crippen LogP contribution in [0.2, 0.25) is 0 Å². The van der Waals surface area contributed by atoms with Crippen LogP contribution < -0.4 is 10.1 Å². The number of hydrogen-bond acceptors (Lipinski definition) is 7. The molecular weight excluding hydrogens is 461 g/mol. The molecule has 4 rings (SSSR count). The molecule has 3 heterocycles. The highest BCUT2D eigenvalue weighted by atomic mass is 32.1. The van der Waals surface area contributed by atoms with Gasteiger partial charge in [-0.1, -0.05) is 0 Å². The quantitative estimate of drug-likeness (QED) is 0.576. The van der Waals surface area contributed by atoms with Crippen LogP contribution in [-0.2, 0) is 11.2 Å². The number of furan rings is 1. The molecule has 2 aromatic heterocycles. The fourth-order valence-corrected chi connectivity index (χ4v) is 4.02. The van der Waals surface area contributed by atoms with Gasteiger partial charge < -0.3 is 24.3 Å². The fourth-order valence-electron chi connectivity index (χ4n) is 3.29. The first-order valence-electron chi connectivity index (χ1n) is 9.94. The number of nitrogens with one attached hydrogen (secondary N) is 1. The van der Waals surface area contributed by atoms with E-state index in [2.05, 4.69) is 15.0 Å². The number of halogens is 3. The van der Waals surface area contributed by atoms with Crippen LogP contribution in [0, 0.1) is 0 Å². The molecule has 0 spiro atoms. The number of rotatable bonds is 6. The van der Waals surface area contributed by atoms with E-state index in [1.807, 2.05) is 0 Å². The number of thiazole rings is 1. The molecule has 0 unspecified atom stereocenters. The molecule has 33 heavy (non-hydrogen) atoms. The first-order chi connectivity index (χ1) is 15.8. The third-order valence-corrected chi connectivity index (χ3v) is 5.68. The van der Waals surface area contributed by atoms with E-state index in [-0.39, 0.29) is 29.7 Å². The van der Waals surface area contributed by atoms with Gasteiger partial charge in [-0.15, -0.1) is 24.5 Å². The number of hydrogen-bond donors (Lipinski definition) is 1. The Hall–Kier alpha value is -3.54. The molecule has 12 heteroatoms. The summed E-state index contributed by atoms with van der Waals surface area (Å²) >= 11 is 1.28. The zero-order chi connectivity index (χ0) is 23.4. The van der Waals surface area contributed by atoms with Crippen molar-refractivity contribution in [2.24, 2.45) is 0 Å². The van der Waals surface area contributed by atoms with Crippen molar-refractivity contribution >= 4 is 34.0 Å². The SMILES string of the molecule is O=C(Cc1csc(Nc2ccc(OC(F)(F)F)cc2)n1)N1CCN(C(=O)c2ccco2)CC1. The second-order valence-corrected chi connectivity index (χ2v) is 8.03. The molecule has 1 aliphatic heterocycles. The van der Waals surface area contributed by atoms with Crippen molar-refractivity contribution in [1.29, 1.82) is 0 Å². The number of anilines is 2. The Morgan fingerprint density at radius 2 is 1.79 bits per heavy atom. The van der Waals surface area contributed by atoms with Gasteiger partial charge in [-0.25, -0.2) is 4.98 Å². The van der Waals surface area contributed by atoms with Crippen LogP contribution in [0.25, 0.3) is 0 Å². The first kappa shape index (κ1) is 22.6. The molecule has 2 amide bonds. The highest BCUT2D eigenvalue weighted by molar-refractivity contribution is 7.13. The predicted molar refractivity (Wildman–Crippen MR) is 113 cm³/mol. The molecule has 8 nitrogen and oxygen atoms in total. The highest BCUT2D eigenvalue weighted by Crippen LogP contribution is 2.26. The Labute approximate surface area is 190 Å². The normalized spacial score (nSPS) is 14.3. The summed E-state index contributed by atoms with van der Waals surface area (Å²) in [5.74, 6) is -0.324. The van der Waals surface area contributed by atoms with Crippen molar-refractivity contribution in [3.05, 3.63) is 59.5 Å². The fraction of sp³-hybridized carbons (Fsp3) is 0.286. The van der Waals surface area contributed by atoms with Gasteiger partial charge in [0.25, 0.3) is 5.91 Å². The van der Waals surface area contributed by atoms with E-state index >= 15 is 0 Å². The number of carbonyl (C=O) groups excluding carboxylic acids is 2. The average Bonchev–Trinajstić information content (AvgIpc) is 3.46. The standard InChI is InChI=1S/C21H19F3N4O4S/c22-21(23,24)32-16-5-3-14(4-6-16)25-20-26-15(13-33-20)12-18(29)27-7-9-28(10-8-27)19(30)17-2-1-11-31-17/h1-6,11,13H,7-10,12H2,(H,25,26). The van der Waals surface area contributed by atoms with Crippen LogP contribution in [0.3, 0.4) is 0 Å². The highest BCUT2D eigenvalue weighted by Gasteiger charge is 2.31. The lowest BCUT2D eigenvalue weighted by Gasteiger charge is -2.34. The number of nitrogens with zero attached hydrogens (tertiary/aromatic N) is 3. The van der Waals surface area contributed by atoms with Crippen molar-refractivity contribution in [1.82, 2.24) is 14.8 Å². The van der Waals surface area contributed by atoms with Gasteiger partial charge in [-0.05, 0) is 36.4 Å². The maximum atomic E-state index is 12.6. The number of ether oxygens (including phenoxy) is 1. The lowest BCUT2D eigenvalue weighted by atomic mass is 10.2. The number of amides is 2. The largest absolute Gasteiger partial charge is 0.573 e. The molecule has 0 bridgehead atoms. The Balaban J connectivity index is 1.26. The lowest BCUT2D eigenvalue weighted by molar-refractivity contribution is -0.274. The minimum absolute atomic E-state index is 0.0920. The van der Waals surface area contributed by atoms with E-state index < -0.39 is 6.36 Å². The van der Waals surface area contributed by atoms with Crippen molar-refractivity contribution < 1.29 is 31.9 Å². The molecule has 1 fully saturated rings. The smallest absolute Gasteiger partial charge is 0.459 e. The van der Waals surface area contributed by atoms with E-state index in [9.17, 15) is 22.8 Å². The van der Waals surface area contributed by atoms with Crippen LogP contribution >= 0.6 is 11.3 Å².